The summed E-state index contributed by atoms with van der Waals surface area (Å²) in [6, 6.07) is 0. The van der Waals surface area contributed by atoms with E-state index >= 15 is 0 Å². The van der Waals surface area contributed by atoms with Crippen LogP contribution >= 0.6 is 0 Å². The van der Waals surface area contributed by atoms with Crippen LogP contribution in [-0.2, 0) is 4.74 Å². The summed E-state index contributed by atoms with van der Waals surface area (Å²) in [5, 5.41) is 18.2. The standard InChI is InChI=1S/C7H16O3/c1-4-10-7(9)6(8)5(2)3/h5-9H,4H2,1-3H3. The maximum atomic E-state index is 9.15. The molecule has 2 atom stereocenters. The Morgan fingerprint density at radius 3 is 2.10 bits per heavy atom. The molecule has 0 radical (unpaired) electrons. The number of hydrogen-bond acceptors (Lipinski definition) is 3. The summed E-state index contributed by atoms with van der Waals surface area (Å²) >= 11 is 0. The fraction of sp³-hybridized carbons (Fsp3) is 1.00. The van der Waals surface area contributed by atoms with Crippen LogP contribution in [0.4, 0.5) is 0 Å². The Bertz CT molecular complexity index is 82.9. The lowest BCUT2D eigenvalue weighted by atomic mass is 10.1. The lowest BCUT2D eigenvalue weighted by Gasteiger charge is -2.20. The highest BCUT2D eigenvalue weighted by Crippen LogP contribution is 2.06. The van der Waals surface area contributed by atoms with Crippen molar-refractivity contribution < 1.29 is 14.9 Å². The van der Waals surface area contributed by atoms with Crippen LogP contribution in [0.3, 0.4) is 0 Å². The molecule has 0 heterocycles. The topological polar surface area (TPSA) is 49.7 Å². The first-order valence-electron chi connectivity index (χ1n) is 3.57. The van der Waals surface area contributed by atoms with E-state index in [1.54, 1.807) is 6.92 Å². The van der Waals surface area contributed by atoms with Gasteiger partial charge in [0.05, 0.1) is 0 Å². The summed E-state index contributed by atoms with van der Waals surface area (Å²) in [4.78, 5) is 0. The average molecular weight is 148 g/mol. The van der Waals surface area contributed by atoms with Gasteiger partial charge in [-0.2, -0.15) is 0 Å². The van der Waals surface area contributed by atoms with E-state index in [1.807, 2.05) is 13.8 Å². The average Bonchev–Trinajstić information content (AvgIpc) is 1.87. The van der Waals surface area contributed by atoms with Gasteiger partial charge in [0.15, 0.2) is 6.29 Å². The minimum atomic E-state index is -1.04. The molecule has 2 unspecified atom stereocenters. The molecule has 0 aromatic heterocycles. The van der Waals surface area contributed by atoms with Gasteiger partial charge in [0.2, 0.25) is 0 Å². The predicted octanol–water partition coefficient (Wildman–Crippen LogP) is 0.358. The third-order valence-corrected chi connectivity index (χ3v) is 1.31. The lowest BCUT2D eigenvalue weighted by Crippen LogP contribution is -2.32. The Morgan fingerprint density at radius 2 is 1.80 bits per heavy atom. The van der Waals surface area contributed by atoms with Gasteiger partial charge in [-0.25, -0.2) is 0 Å². The molecule has 0 aliphatic carbocycles. The Balaban J connectivity index is 3.58. The fourth-order valence-corrected chi connectivity index (χ4v) is 0.599. The van der Waals surface area contributed by atoms with Crippen LogP contribution in [0.5, 0.6) is 0 Å². The molecule has 10 heavy (non-hydrogen) atoms. The molecule has 0 aromatic rings. The van der Waals surface area contributed by atoms with Crippen LogP contribution in [0.15, 0.2) is 0 Å². The Labute approximate surface area is 61.6 Å². The number of aliphatic hydroxyl groups is 2. The van der Waals surface area contributed by atoms with Gasteiger partial charge in [0.25, 0.3) is 0 Å². The van der Waals surface area contributed by atoms with Crippen molar-refractivity contribution in [2.75, 3.05) is 6.61 Å². The fourth-order valence-electron chi connectivity index (χ4n) is 0.599. The van der Waals surface area contributed by atoms with Gasteiger partial charge < -0.3 is 14.9 Å². The van der Waals surface area contributed by atoms with Crippen molar-refractivity contribution in [1.29, 1.82) is 0 Å². The Kier molecular flexibility index (Phi) is 4.60. The van der Waals surface area contributed by atoms with E-state index in [9.17, 15) is 0 Å². The highest BCUT2D eigenvalue weighted by molar-refractivity contribution is 4.61. The summed E-state index contributed by atoms with van der Waals surface area (Å²) in [6.45, 7) is 5.85. The van der Waals surface area contributed by atoms with Crippen LogP contribution < -0.4 is 0 Å². The molecule has 0 saturated heterocycles. The van der Waals surface area contributed by atoms with Crippen molar-refractivity contribution in [1.82, 2.24) is 0 Å². The van der Waals surface area contributed by atoms with Crippen molar-refractivity contribution in [2.24, 2.45) is 5.92 Å². The molecule has 0 rings (SSSR count). The first-order chi connectivity index (χ1) is 4.59. The Morgan fingerprint density at radius 1 is 1.30 bits per heavy atom. The number of rotatable bonds is 4. The molecule has 0 aromatic carbocycles. The van der Waals surface area contributed by atoms with Gasteiger partial charge in [0, 0.05) is 6.61 Å². The van der Waals surface area contributed by atoms with Gasteiger partial charge >= 0.3 is 0 Å². The maximum absolute atomic E-state index is 9.15. The van der Waals surface area contributed by atoms with Gasteiger partial charge in [-0.3, -0.25) is 0 Å². The zero-order chi connectivity index (χ0) is 8.15. The van der Waals surface area contributed by atoms with E-state index in [1.165, 1.54) is 0 Å². The normalized spacial score (nSPS) is 17.4. The largest absolute Gasteiger partial charge is 0.388 e. The van der Waals surface area contributed by atoms with E-state index in [0.717, 1.165) is 0 Å². The van der Waals surface area contributed by atoms with Gasteiger partial charge in [-0.15, -0.1) is 0 Å². The van der Waals surface area contributed by atoms with Crippen molar-refractivity contribution in [3.05, 3.63) is 0 Å². The molecule has 0 saturated carbocycles. The maximum Gasteiger partial charge on any atom is 0.181 e. The Hall–Kier alpha value is -0.120. The SMILES string of the molecule is CCOC(O)C(O)C(C)C. The molecular weight excluding hydrogens is 132 g/mol. The molecular formula is C7H16O3. The van der Waals surface area contributed by atoms with E-state index in [0.29, 0.717) is 6.61 Å². The van der Waals surface area contributed by atoms with Crippen LogP contribution in [0.2, 0.25) is 0 Å². The number of ether oxygens (including phenoxy) is 1. The second kappa shape index (κ2) is 4.66. The van der Waals surface area contributed by atoms with Crippen LogP contribution in [0.25, 0.3) is 0 Å². The van der Waals surface area contributed by atoms with Crippen LogP contribution in [0.1, 0.15) is 20.8 Å². The molecule has 0 amide bonds. The second-order valence-electron chi connectivity index (χ2n) is 2.58. The van der Waals surface area contributed by atoms with Crippen molar-refractivity contribution in [3.63, 3.8) is 0 Å². The minimum absolute atomic E-state index is 0.0292. The van der Waals surface area contributed by atoms with Gasteiger partial charge in [0.1, 0.15) is 6.10 Å². The molecule has 0 bridgehead atoms. The highest BCUT2D eigenvalue weighted by atomic mass is 16.6. The predicted molar refractivity (Wildman–Crippen MR) is 38.5 cm³/mol. The molecule has 0 spiro atoms. The van der Waals surface area contributed by atoms with Crippen molar-refractivity contribution in [3.8, 4) is 0 Å². The zero-order valence-corrected chi connectivity index (χ0v) is 6.74. The first kappa shape index (κ1) is 9.88. The van der Waals surface area contributed by atoms with Gasteiger partial charge in [-0.05, 0) is 12.8 Å². The van der Waals surface area contributed by atoms with E-state index in [2.05, 4.69) is 0 Å². The molecule has 3 nitrogen and oxygen atoms in total. The van der Waals surface area contributed by atoms with Crippen molar-refractivity contribution >= 4 is 0 Å². The summed E-state index contributed by atoms with van der Waals surface area (Å²) in [6.07, 6.45) is -1.81. The van der Waals surface area contributed by atoms with Crippen molar-refractivity contribution in [2.45, 2.75) is 33.2 Å². The summed E-state index contributed by atoms with van der Waals surface area (Å²) < 4.78 is 4.77. The van der Waals surface area contributed by atoms with Gasteiger partial charge in [-0.1, -0.05) is 13.8 Å². The second-order valence-corrected chi connectivity index (χ2v) is 2.58. The summed E-state index contributed by atoms with van der Waals surface area (Å²) in [5.74, 6) is 0.0292. The molecule has 3 heteroatoms. The number of hydrogen-bond donors (Lipinski definition) is 2. The summed E-state index contributed by atoms with van der Waals surface area (Å²) in [5.41, 5.74) is 0. The lowest BCUT2D eigenvalue weighted by molar-refractivity contribution is -0.169. The monoisotopic (exact) mass is 148 g/mol. The first-order valence-corrected chi connectivity index (χ1v) is 3.57. The van der Waals surface area contributed by atoms with E-state index in [-0.39, 0.29) is 5.92 Å². The molecule has 2 N–H and O–H groups in total. The quantitative estimate of drug-likeness (QED) is 0.566. The smallest absolute Gasteiger partial charge is 0.181 e. The van der Waals surface area contributed by atoms with Crippen LogP contribution in [-0.4, -0.2) is 29.2 Å². The summed E-state index contributed by atoms with van der Waals surface area (Å²) in [7, 11) is 0. The molecule has 62 valence electrons. The third-order valence-electron chi connectivity index (χ3n) is 1.31. The molecule has 0 aliphatic heterocycles. The molecule has 0 fully saturated rings. The minimum Gasteiger partial charge on any atom is -0.388 e. The van der Waals surface area contributed by atoms with E-state index in [4.69, 9.17) is 14.9 Å². The molecule has 0 aliphatic rings. The number of aliphatic hydroxyl groups excluding tert-OH is 2. The zero-order valence-electron chi connectivity index (χ0n) is 6.74. The highest BCUT2D eigenvalue weighted by Gasteiger charge is 2.18. The third kappa shape index (κ3) is 3.15. The van der Waals surface area contributed by atoms with Crippen LogP contribution in [0, 0.1) is 5.92 Å². The van der Waals surface area contributed by atoms with E-state index < -0.39 is 12.4 Å².